The summed E-state index contributed by atoms with van der Waals surface area (Å²) >= 11 is 0. The largest absolute Gasteiger partial charge is 0.357 e. The Hall–Kier alpha value is -1.43. The average Bonchev–Trinajstić information content (AvgIpc) is 3.09. The molecule has 1 aromatic carbocycles. The van der Waals surface area contributed by atoms with Gasteiger partial charge in [-0.15, -0.1) is 24.0 Å². The lowest BCUT2D eigenvalue weighted by atomic mass is 10.2. The van der Waals surface area contributed by atoms with Crippen molar-refractivity contribution < 1.29 is 17.6 Å². The number of likely N-dealkylation sites (tertiary alicyclic amines) is 1. The third-order valence-electron chi connectivity index (χ3n) is 4.48. The number of carbonyl (C=O) groups excluding carboxylic acids is 1. The van der Waals surface area contributed by atoms with E-state index in [1.54, 1.807) is 0 Å². The van der Waals surface area contributed by atoms with E-state index in [0.717, 1.165) is 12.5 Å². The molecule has 10 heteroatoms. The summed E-state index contributed by atoms with van der Waals surface area (Å²) in [7, 11) is -3.75. The molecular formula is C19H30FIN4O3S. The number of rotatable bonds is 7. The first-order valence-corrected chi connectivity index (χ1v) is 11.2. The smallest absolute Gasteiger partial charge is 0.225 e. The molecule has 1 atom stereocenters. The summed E-state index contributed by atoms with van der Waals surface area (Å²) < 4.78 is 38.4. The van der Waals surface area contributed by atoms with E-state index < -0.39 is 15.7 Å². The minimum atomic E-state index is -3.75. The molecule has 7 nitrogen and oxygen atoms in total. The van der Waals surface area contributed by atoms with Crippen molar-refractivity contribution in [3.63, 3.8) is 0 Å². The molecule has 0 bridgehead atoms. The number of sulfone groups is 1. The Balaban J connectivity index is 0.00000420. The van der Waals surface area contributed by atoms with Crippen molar-refractivity contribution in [2.24, 2.45) is 10.9 Å². The Labute approximate surface area is 189 Å². The standard InChI is InChI=1S/C19H29FN4O3S.HI/c1-4-21-19(23-15-9-11-24(13-15)18(25)14(2)3)22-10-12-28(26,27)17-8-6-5-7-16(17)20;/h5-8,14-15H,4,9-13H2,1-3H3,(H2,21,22,23);1H. The lowest BCUT2D eigenvalue weighted by Crippen LogP contribution is -2.45. The van der Waals surface area contributed by atoms with Crippen molar-refractivity contribution in [1.82, 2.24) is 15.5 Å². The van der Waals surface area contributed by atoms with E-state index >= 15 is 0 Å². The van der Waals surface area contributed by atoms with Crippen molar-refractivity contribution in [2.75, 3.05) is 31.9 Å². The lowest BCUT2D eigenvalue weighted by Gasteiger charge is -2.20. The minimum absolute atomic E-state index is 0. The number of nitrogens with one attached hydrogen (secondary N) is 2. The van der Waals surface area contributed by atoms with E-state index in [0.29, 0.717) is 25.6 Å². The average molecular weight is 540 g/mol. The van der Waals surface area contributed by atoms with Crippen LogP contribution in [0.3, 0.4) is 0 Å². The fourth-order valence-corrected chi connectivity index (χ4v) is 4.24. The van der Waals surface area contributed by atoms with Crippen molar-refractivity contribution in [3.8, 4) is 0 Å². The minimum Gasteiger partial charge on any atom is -0.357 e. The first kappa shape index (κ1) is 25.6. The van der Waals surface area contributed by atoms with Gasteiger partial charge < -0.3 is 15.5 Å². The number of nitrogens with zero attached hydrogens (tertiary/aromatic N) is 2. The fourth-order valence-electron chi connectivity index (χ4n) is 3.04. The predicted molar refractivity (Wildman–Crippen MR) is 123 cm³/mol. The summed E-state index contributed by atoms with van der Waals surface area (Å²) in [5.41, 5.74) is 0. The Morgan fingerprint density at radius 1 is 1.34 bits per heavy atom. The maximum absolute atomic E-state index is 13.7. The van der Waals surface area contributed by atoms with E-state index in [-0.39, 0.29) is 59.0 Å². The Morgan fingerprint density at radius 2 is 2.03 bits per heavy atom. The van der Waals surface area contributed by atoms with Gasteiger partial charge in [0.2, 0.25) is 5.91 Å². The molecule has 0 saturated carbocycles. The zero-order valence-electron chi connectivity index (χ0n) is 17.0. The highest BCUT2D eigenvalue weighted by molar-refractivity contribution is 14.0. The molecule has 164 valence electrons. The van der Waals surface area contributed by atoms with Gasteiger partial charge in [0.05, 0.1) is 12.3 Å². The van der Waals surface area contributed by atoms with Crippen molar-refractivity contribution in [3.05, 3.63) is 30.1 Å². The van der Waals surface area contributed by atoms with Crippen LogP contribution in [0.15, 0.2) is 34.2 Å². The Kier molecular flexibility index (Phi) is 10.3. The van der Waals surface area contributed by atoms with Crippen LogP contribution in [0, 0.1) is 11.7 Å². The molecule has 1 fully saturated rings. The van der Waals surface area contributed by atoms with Crippen LogP contribution in [0.1, 0.15) is 27.2 Å². The molecule has 1 amide bonds. The van der Waals surface area contributed by atoms with E-state index in [1.165, 1.54) is 18.2 Å². The molecule has 1 aromatic rings. The van der Waals surface area contributed by atoms with Gasteiger partial charge in [0.25, 0.3) is 0 Å². The number of hydrogen-bond donors (Lipinski definition) is 2. The second-order valence-corrected chi connectivity index (χ2v) is 9.16. The summed E-state index contributed by atoms with van der Waals surface area (Å²) in [6, 6.07) is 5.40. The summed E-state index contributed by atoms with van der Waals surface area (Å²) in [6.07, 6.45) is 0.802. The number of halogens is 2. The Morgan fingerprint density at radius 3 is 2.66 bits per heavy atom. The molecule has 2 N–H and O–H groups in total. The number of hydrogen-bond acceptors (Lipinski definition) is 4. The van der Waals surface area contributed by atoms with E-state index in [4.69, 9.17) is 0 Å². The molecule has 29 heavy (non-hydrogen) atoms. The van der Waals surface area contributed by atoms with Gasteiger partial charge in [-0.1, -0.05) is 26.0 Å². The zero-order valence-corrected chi connectivity index (χ0v) is 20.2. The lowest BCUT2D eigenvalue weighted by molar-refractivity contribution is -0.133. The molecule has 1 saturated heterocycles. The van der Waals surface area contributed by atoms with Crippen LogP contribution in [-0.2, 0) is 14.6 Å². The van der Waals surface area contributed by atoms with Gasteiger partial charge in [-0.05, 0) is 25.5 Å². The first-order valence-electron chi connectivity index (χ1n) is 9.55. The maximum atomic E-state index is 13.7. The van der Waals surface area contributed by atoms with Gasteiger partial charge in [0.1, 0.15) is 10.7 Å². The maximum Gasteiger partial charge on any atom is 0.225 e. The monoisotopic (exact) mass is 540 g/mol. The number of benzene rings is 1. The molecule has 1 aliphatic heterocycles. The molecule has 0 aromatic heterocycles. The highest BCUT2D eigenvalue weighted by atomic mass is 127. The molecule has 2 rings (SSSR count). The fraction of sp³-hybridized carbons (Fsp3) is 0.579. The van der Waals surface area contributed by atoms with Crippen LogP contribution >= 0.6 is 24.0 Å². The molecule has 0 radical (unpaired) electrons. The van der Waals surface area contributed by atoms with Crippen LogP contribution in [0.4, 0.5) is 4.39 Å². The van der Waals surface area contributed by atoms with Crippen molar-refractivity contribution >= 4 is 45.7 Å². The SMILES string of the molecule is CCNC(=NCCS(=O)(=O)c1ccccc1F)NC1CCN(C(=O)C(C)C)C1.I. The quantitative estimate of drug-likeness (QED) is 0.314. The molecule has 1 unspecified atom stereocenters. The van der Waals surface area contributed by atoms with Crippen LogP contribution < -0.4 is 10.6 Å². The topological polar surface area (TPSA) is 90.9 Å². The van der Waals surface area contributed by atoms with Gasteiger partial charge in [-0.25, -0.2) is 12.8 Å². The van der Waals surface area contributed by atoms with Crippen LogP contribution in [-0.4, -0.2) is 63.2 Å². The van der Waals surface area contributed by atoms with E-state index in [9.17, 15) is 17.6 Å². The predicted octanol–water partition coefficient (Wildman–Crippen LogP) is 2.03. The second kappa shape index (κ2) is 11.7. The van der Waals surface area contributed by atoms with E-state index in [1.807, 2.05) is 25.7 Å². The number of amides is 1. The zero-order chi connectivity index (χ0) is 20.7. The van der Waals surface area contributed by atoms with Gasteiger partial charge in [0, 0.05) is 31.6 Å². The molecule has 0 aliphatic carbocycles. The summed E-state index contributed by atoms with van der Waals surface area (Å²) in [5, 5.41) is 6.33. The molecule has 1 heterocycles. The highest BCUT2D eigenvalue weighted by Gasteiger charge is 2.28. The third kappa shape index (κ3) is 7.40. The molecular weight excluding hydrogens is 510 g/mol. The first-order chi connectivity index (χ1) is 13.2. The number of aliphatic imine (C=N–C) groups is 1. The van der Waals surface area contributed by atoms with Crippen molar-refractivity contribution in [2.45, 2.75) is 38.1 Å². The Bertz CT molecular complexity index is 817. The molecule has 1 aliphatic rings. The summed E-state index contributed by atoms with van der Waals surface area (Å²) in [6.45, 7) is 7.58. The summed E-state index contributed by atoms with van der Waals surface area (Å²) in [4.78, 5) is 17.9. The van der Waals surface area contributed by atoms with Crippen molar-refractivity contribution in [1.29, 1.82) is 0 Å². The van der Waals surface area contributed by atoms with Gasteiger partial charge in [0.15, 0.2) is 15.8 Å². The van der Waals surface area contributed by atoms with Crippen LogP contribution in [0.25, 0.3) is 0 Å². The van der Waals surface area contributed by atoms with Crippen LogP contribution in [0.5, 0.6) is 0 Å². The molecule has 0 spiro atoms. The van der Waals surface area contributed by atoms with Gasteiger partial charge >= 0.3 is 0 Å². The number of carbonyl (C=O) groups is 1. The van der Waals surface area contributed by atoms with Crippen LogP contribution in [0.2, 0.25) is 0 Å². The van der Waals surface area contributed by atoms with Gasteiger partial charge in [-0.2, -0.15) is 0 Å². The normalized spacial score (nSPS) is 17.2. The third-order valence-corrected chi connectivity index (χ3v) is 6.20. The second-order valence-electron chi connectivity index (χ2n) is 7.08. The summed E-state index contributed by atoms with van der Waals surface area (Å²) in [5.74, 6) is -0.452. The van der Waals surface area contributed by atoms with Gasteiger partial charge in [-0.3, -0.25) is 9.79 Å². The van der Waals surface area contributed by atoms with E-state index in [2.05, 4.69) is 15.6 Å². The number of guanidine groups is 1. The highest BCUT2D eigenvalue weighted by Crippen LogP contribution is 2.15.